The number of halogens is 2. The Balaban J connectivity index is 2.21. The van der Waals surface area contributed by atoms with E-state index in [-0.39, 0.29) is 6.04 Å². The van der Waals surface area contributed by atoms with E-state index < -0.39 is 0 Å². The minimum Gasteiger partial charge on any atom is -0.497 e. The number of methoxy groups -OCH3 is 1. The van der Waals surface area contributed by atoms with Crippen LogP contribution in [0.15, 0.2) is 51.4 Å². The molecule has 2 aromatic rings. The molecule has 0 spiro atoms. The van der Waals surface area contributed by atoms with Crippen molar-refractivity contribution in [3.8, 4) is 5.75 Å². The highest BCUT2D eigenvalue weighted by molar-refractivity contribution is 9.10. The lowest BCUT2D eigenvalue weighted by atomic mass is 10.00. The molecule has 2 rings (SSSR count). The molecule has 2 aromatic carbocycles. The van der Waals surface area contributed by atoms with Crippen molar-refractivity contribution in [2.24, 2.45) is 5.73 Å². The molecule has 0 aliphatic rings. The van der Waals surface area contributed by atoms with E-state index in [1.807, 2.05) is 36.4 Å². The van der Waals surface area contributed by atoms with Crippen molar-refractivity contribution in [1.29, 1.82) is 0 Å². The Morgan fingerprint density at radius 2 is 1.95 bits per heavy atom. The van der Waals surface area contributed by atoms with Gasteiger partial charge in [0.15, 0.2) is 0 Å². The minimum atomic E-state index is -0.0408. The summed E-state index contributed by atoms with van der Waals surface area (Å²) >= 11 is 7.02. The molecule has 0 saturated heterocycles. The normalized spacial score (nSPS) is 12.2. The summed E-state index contributed by atoms with van der Waals surface area (Å²) in [6.07, 6.45) is 0.758. The summed E-state index contributed by atoms with van der Waals surface area (Å²) in [4.78, 5) is 0. The SMILES string of the molecule is COc1ccc(Br)c(CC(N)c2cccc(Br)c2)c1. The van der Waals surface area contributed by atoms with Crippen LogP contribution in [0.5, 0.6) is 5.75 Å². The van der Waals surface area contributed by atoms with Gasteiger partial charge in [-0.2, -0.15) is 0 Å². The van der Waals surface area contributed by atoms with E-state index in [1.165, 1.54) is 0 Å². The largest absolute Gasteiger partial charge is 0.497 e. The smallest absolute Gasteiger partial charge is 0.119 e. The molecule has 19 heavy (non-hydrogen) atoms. The van der Waals surface area contributed by atoms with Crippen LogP contribution in [0.1, 0.15) is 17.2 Å². The van der Waals surface area contributed by atoms with Crippen LogP contribution < -0.4 is 10.5 Å². The summed E-state index contributed by atoms with van der Waals surface area (Å²) in [5.41, 5.74) is 8.53. The highest BCUT2D eigenvalue weighted by atomic mass is 79.9. The minimum absolute atomic E-state index is 0.0408. The van der Waals surface area contributed by atoms with Gasteiger partial charge in [-0.05, 0) is 47.9 Å². The van der Waals surface area contributed by atoms with Crippen molar-refractivity contribution >= 4 is 31.9 Å². The Labute approximate surface area is 130 Å². The third-order valence-corrected chi connectivity index (χ3v) is 4.24. The molecular weight excluding hydrogens is 370 g/mol. The lowest BCUT2D eigenvalue weighted by molar-refractivity contribution is 0.414. The van der Waals surface area contributed by atoms with Gasteiger partial charge < -0.3 is 10.5 Å². The van der Waals surface area contributed by atoms with Gasteiger partial charge in [-0.3, -0.25) is 0 Å². The first-order valence-corrected chi connectivity index (χ1v) is 7.52. The van der Waals surface area contributed by atoms with E-state index in [2.05, 4.69) is 37.9 Å². The molecular formula is C15H15Br2NO. The summed E-state index contributed by atoms with van der Waals surface area (Å²) in [6.45, 7) is 0. The van der Waals surface area contributed by atoms with Gasteiger partial charge in [0, 0.05) is 15.0 Å². The van der Waals surface area contributed by atoms with E-state index in [9.17, 15) is 0 Å². The van der Waals surface area contributed by atoms with E-state index in [0.29, 0.717) is 0 Å². The van der Waals surface area contributed by atoms with E-state index in [1.54, 1.807) is 7.11 Å². The summed E-state index contributed by atoms with van der Waals surface area (Å²) in [6, 6.07) is 14.0. The van der Waals surface area contributed by atoms with E-state index >= 15 is 0 Å². The standard InChI is InChI=1S/C15H15Br2NO/c1-19-13-5-6-14(17)11(8-13)9-15(18)10-3-2-4-12(16)7-10/h2-8,15H,9,18H2,1H3. The maximum atomic E-state index is 6.27. The molecule has 0 saturated carbocycles. The van der Waals surface area contributed by atoms with Crippen LogP contribution in [-0.4, -0.2) is 7.11 Å². The van der Waals surface area contributed by atoms with E-state index in [0.717, 1.165) is 32.2 Å². The van der Waals surface area contributed by atoms with Crippen LogP contribution >= 0.6 is 31.9 Å². The molecule has 0 aliphatic heterocycles. The highest BCUT2D eigenvalue weighted by Crippen LogP contribution is 2.27. The predicted octanol–water partition coefficient (Wildman–Crippen LogP) is 4.46. The number of hydrogen-bond acceptors (Lipinski definition) is 2. The lowest BCUT2D eigenvalue weighted by Crippen LogP contribution is -2.13. The second-order valence-electron chi connectivity index (χ2n) is 4.32. The summed E-state index contributed by atoms with van der Waals surface area (Å²) < 4.78 is 7.35. The molecule has 0 aliphatic carbocycles. The van der Waals surface area contributed by atoms with Gasteiger partial charge in [0.1, 0.15) is 5.75 Å². The van der Waals surface area contributed by atoms with Crippen molar-refractivity contribution in [1.82, 2.24) is 0 Å². The third kappa shape index (κ3) is 3.81. The molecule has 0 amide bonds. The molecule has 1 atom stereocenters. The van der Waals surface area contributed by atoms with Gasteiger partial charge >= 0.3 is 0 Å². The number of nitrogens with two attached hydrogens (primary N) is 1. The Bertz CT molecular complexity index is 572. The molecule has 100 valence electrons. The molecule has 2 nitrogen and oxygen atoms in total. The zero-order valence-electron chi connectivity index (χ0n) is 10.6. The molecule has 2 N–H and O–H groups in total. The van der Waals surface area contributed by atoms with Crippen molar-refractivity contribution in [2.45, 2.75) is 12.5 Å². The predicted molar refractivity (Wildman–Crippen MR) is 85.5 cm³/mol. The average molecular weight is 385 g/mol. The number of rotatable bonds is 4. The Hall–Kier alpha value is -0.840. The summed E-state index contributed by atoms with van der Waals surface area (Å²) in [7, 11) is 1.67. The van der Waals surface area contributed by atoms with Gasteiger partial charge in [0.05, 0.1) is 7.11 Å². The summed E-state index contributed by atoms with van der Waals surface area (Å²) in [5, 5.41) is 0. The molecule has 4 heteroatoms. The van der Waals surface area contributed by atoms with E-state index in [4.69, 9.17) is 10.5 Å². The second-order valence-corrected chi connectivity index (χ2v) is 6.09. The molecule has 0 radical (unpaired) electrons. The fourth-order valence-corrected chi connectivity index (χ4v) is 2.75. The van der Waals surface area contributed by atoms with Crippen LogP contribution in [0.4, 0.5) is 0 Å². The van der Waals surface area contributed by atoms with Crippen molar-refractivity contribution in [3.05, 3.63) is 62.5 Å². The van der Waals surface area contributed by atoms with Crippen molar-refractivity contribution in [2.75, 3.05) is 7.11 Å². The van der Waals surface area contributed by atoms with Gasteiger partial charge in [-0.25, -0.2) is 0 Å². The molecule has 0 aromatic heterocycles. The average Bonchev–Trinajstić information content (AvgIpc) is 2.41. The first kappa shape index (κ1) is 14.6. The number of ether oxygens (including phenoxy) is 1. The van der Waals surface area contributed by atoms with Gasteiger partial charge in [-0.1, -0.05) is 44.0 Å². The van der Waals surface area contributed by atoms with Crippen LogP contribution in [0.2, 0.25) is 0 Å². The van der Waals surface area contributed by atoms with Crippen LogP contribution in [0.25, 0.3) is 0 Å². The zero-order valence-corrected chi connectivity index (χ0v) is 13.7. The van der Waals surface area contributed by atoms with Crippen LogP contribution in [-0.2, 0) is 6.42 Å². The second kappa shape index (κ2) is 6.55. The van der Waals surface area contributed by atoms with Gasteiger partial charge in [0.2, 0.25) is 0 Å². The van der Waals surface area contributed by atoms with Crippen molar-refractivity contribution < 1.29 is 4.74 Å². The molecule has 1 unspecified atom stereocenters. The highest BCUT2D eigenvalue weighted by Gasteiger charge is 2.10. The fraction of sp³-hybridized carbons (Fsp3) is 0.200. The zero-order chi connectivity index (χ0) is 13.8. The maximum Gasteiger partial charge on any atom is 0.119 e. The quantitative estimate of drug-likeness (QED) is 0.844. The number of hydrogen-bond donors (Lipinski definition) is 1. The first-order chi connectivity index (χ1) is 9.10. The molecule has 0 bridgehead atoms. The first-order valence-electron chi connectivity index (χ1n) is 5.93. The topological polar surface area (TPSA) is 35.2 Å². The van der Waals surface area contributed by atoms with Crippen molar-refractivity contribution in [3.63, 3.8) is 0 Å². The molecule has 0 heterocycles. The monoisotopic (exact) mass is 383 g/mol. The number of benzene rings is 2. The summed E-state index contributed by atoms with van der Waals surface area (Å²) in [5.74, 6) is 0.847. The Morgan fingerprint density at radius 3 is 2.63 bits per heavy atom. The lowest BCUT2D eigenvalue weighted by Gasteiger charge is -2.14. The Kier molecular flexibility index (Phi) is 5.02. The van der Waals surface area contributed by atoms with Gasteiger partial charge in [-0.15, -0.1) is 0 Å². The fourth-order valence-electron chi connectivity index (χ4n) is 1.93. The third-order valence-electron chi connectivity index (χ3n) is 2.97. The van der Waals surface area contributed by atoms with Crippen LogP contribution in [0.3, 0.4) is 0 Å². The van der Waals surface area contributed by atoms with Gasteiger partial charge in [0.25, 0.3) is 0 Å². The maximum absolute atomic E-state index is 6.27. The van der Waals surface area contributed by atoms with Crippen LogP contribution in [0, 0.1) is 0 Å². The Morgan fingerprint density at radius 1 is 1.16 bits per heavy atom. The molecule has 0 fully saturated rings.